The van der Waals surface area contributed by atoms with Gasteiger partial charge in [-0.05, 0) is 54.8 Å². The van der Waals surface area contributed by atoms with Gasteiger partial charge in [-0.2, -0.15) is 5.26 Å². The Hall–Kier alpha value is -3.66. The summed E-state index contributed by atoms with van der Waals surface area (Å²) in [6.07, 6.45) is 3.54. The van der Waals surface area contributed by atoms with Crippen molar-refractivity contribution in [3.05, 3.63) is 82.8 Å². The number of hydrogen-bond donors (Lipinski definition) is 1. The standard InChI is InChI=1S/C19H14FN5O/c1-12-22-5-4-17(24-12)19(26)25-18-3-2-13(11-23-18)6-14-7-15(10-21)9-16(20)8-14/h2-5,7-9,11H,6H2,1H3,(H,23,25,26). The highest BCUT2D eigenvalue weighted by atomic mass is 19.1. The van der Waals surface area contributed by atoms with Crippen LogP contribution in [0.15, 0.2) is 48.8 Å². The number of carbonyl (C=O) groups excluding carboxylic acids is 1. The minimum atomic E-state index is -0.448. The van der Waals surface area contributed by atoms with Gasteiger partial charge in [0, 0.05) is 12.4 Å². The SMILES string of the molecule is Cc1nccc(C(=O)Nc2ccc(Cc3cc(F)cc(C#N)c3)cn2)n1. The largest absolute Gasteiger partial charge is 0.305 e. The fourth-order valence-corrected chi connectivity index (χ4v) is 2.42. The second-order valence-electron chi connectivity index (χ2n) is 5.63. The van der Waals surface area contributed by atoms with E-state index in [-0.39, 0.29) is 17.2 Å². The molecule has 26 heavy (non-hydrogen) atoms. The van der Waals surface area contributed by atoms with E-state index in [9.17, 15) is 9.18 Å². The molecule has 0 saturated carbocycles. The van der Waals surface area contributed by atoms with E-state index in [4.69, 9.17) is 5.26 Å². The summed E-state index contributed by atoms with van der Waals surface area (Å²) in [6, 6.07) is 11.1. The number of anilines is 1. The molecule has 0 aliphatic rings. The Labute approximate surface area is 149 Å². The molecule has 0 unspecified atom stereocenters. The lowest BCUT2D eigenvalue weighted by Crippen LogP contribution is -2.15. The monoisotopic (exact) mass is 347 g/mol. The molecule has 1 amide bonds. The van der Waals surface area contributed by atoms with E-state index in [1.54, 1.807) is 31.3 Å². The smallest absolute Gasteiger partial charge is 0.275 e. The maximum Gasteiger partial charge on any atom is 0.275 e. The second-order valence-corrected chi connectivity index (χ2v) is 5.63. The highest BCUT2D eigenvalue weighted by Gasteiger charge is 2.09. The zero-order valence-electron chi connectivity index (χ0n) is 13.9. The first kappa shape index (κ1) is 17.2. The van der Waals surface area contributed by atoms with E-state index in [1.807, 2.05) is 6.07 Å². The summed E-state index contributed by atoms with van der Waals surface area (Å²) in [5.74, 6) is 0.0651. The first-order chi connectivity index (χ1) is 12.5. The van der Waals surface area contributed by atoms with Crippen molar-refractivity contribution in [1.82, 2.24) is 15.0 Å². The van der Waals surface area contributed by atoms with Crippen LogP contribution in [0.1, 0.15) is 33.0 Å². The molecule has 0 saturated heterocycles. The molecule has 7 heteroatoms. The van der Waals surface area contributed by atoms with Gasteiger partial charge in [-0.25, -0.2) is 19.3 Å². The molecule has 1 N–H and O–H groups in total. The lowest BCUT2D eigenvalue weighted by atomic mass is 10.0. The summed E-state index contributed by atoms with van der Waals surface area (Å²) in [6.45, 7) is 1.70. The molecular weight excluding hydrogens is 333 g/mol. The normalized spacial score (nSPS) is 10.2. The van der Waals surface area contributed by atoms with E-state index in [0.717, 1.165) is 5.56 Å². The zero-order valence-corrected chi connectivity index (χ0v) is 13.9. The van der Waals surface area contributed by atoms with Crippen molar-refractivity contribution in [2.45, 2.75) is 13.3 Å². The predicted octanol–water partition coefficient (Wildman–Crippen LogP) is 3.03. The van der Waals surface area contributed by atoms with Crippen molar-refractivity contribution in [2.24, 2.45) is 0 Å². The van der Waals surface area contributed by atoms with Crippen molar-refractivity contribution >= 4 is 11.7 Å². The zero-order chi connectivity index (χ0) is 18.5. The maximum atomic E-state index is 13.5. The number of amides is 1. The van der Waals surface area contributed by atoms with Crippen LogP contribution in [-0.4, -0.2) is 20.9 Å². The number of aryl methyl sites for hydroxylation is 1. The lowest BCUT2D eigenvalue weighted by molar-refractivity contribution is 0.102. The molecule has 0 aliphatic heterocycles. The summed E-state index contributed by atoms with van der Waals surface area (Å²) in [5.41, 5.74) is 2.04. The van der Waals surface area contributed by atoms with E-state index >= 15 is 0 Å². The first-order valence-electron chi connectivity index (χ1n) is 7.79. The van der Waals surface area contributed by atoms with Gasteiger partial charge in [0.1, 0.15) is 23.2 Å². The molecule has 0 radical (unpaired) electrons. The minimum absolute atomic E-state index is 0.257. The van der Waals surface area contributed by atoms with Gasteiger partial charge in [-0.1, -0.05) is 6.07 Å². The summed E-state index contributed by atoms with van der Waals surface area (Å²) in [7, 11) is 0. The Morgan fingerprint density at radius 1 is 1.19 bits per heavy atom. The third-order valence-electron chi connectivity index (χ3n) is 3.57. The van der Waals surface area contributed by atoms with Crippen molar-refractivity contribution < 1.29 is 9.18 Å². The number of nitrogens with zero attached hydrogens (tertiary/aromatic N) is 4. The summed E-state index contributed by atoms with van der Waals surface area (Å²) < 4.78 is 13.5. The van der Waals surface area contributed by atoms with E-state index in [0.29, 0.717) is 23.6 Å². The van der Waals surface area contributed by atoms with Gasteiger partial charge in [0.25, 0.3) is 5.91 Å². The molecule has 2 heterocycles. The molecule has 6 nitrogen and oxygen atoms in total. The average Bonchev–Trinajstić information content (AvgIpc) is 2.63. The quantitative estimate of drug-likeness (QED) is 0.783. The Morgan fingerprint density at radius 2 is 2.04 bits per heavy atom. The molecule has 3 rings (SSSR count). The number of halogens is 1. The first-order valence-corrected chi connectivity index (χ1v) is 7.79. The van der Waals surface area contributed by atoms with Gasteiger partial charge in [0.05, 0.1) is 11.6 Å². The molecule has 0 atom stereocenters. The van der Waals surface area contributed by atoms with Crippen molar-refractivity contribution in [2.75, 3.05) is 5.32 Å². The molecule has 0 aliphatic carbocycles. The van der Waals surface area contributed by atoms with Crippen molar-refractivity contribution in [3.63, 3.8) is 0 Å². The van der Waals surface area contributed by atoms with Crippen LogP contribution < -0.4 is 5.32 Å². The van der Waals surface area contributed by atoms with E-state index in [2.05, 4.69) is 20.3 Å². The number of pyridine rings is 1. The van der Waals surface area contributed by atoms with Crippen molar-refractivity contribution in [1.29, 1.82) is 5.26 Å². The van der Waals surface area contributed by atoms with Gasteiger partial charge in [-0.15, -0.1) is 0 Å². The van der Waals surface area contributed by atoms with Crippen LogP contribution in [0.3, 0.4) is 0 Å². The summed E-state index contributed by atoms with van der Waals surface area (Å²) >= 11 is 0. The molecular formula is C19H14FN5O. The predicted molar refractivity (Wildman–Crippen MR) is 92.9 cm³/mol. The van der Waals surface area contributed by atoms with Crippen LogP contribution in [0.25, 0.3) is 0 Å². The Morgan fingerprint density at radius 3 is 2.73 bits per heavy atom. The number of nitriles is 1. The Kier molecular flexibility index (Phi) is 4.94. The number of hydrogen-bond acceptors (Lipinski definition) is 5. The second kappa shape index (κ2) is 7.49. The van der Waals surface area contributed by atoms with Crippen LogP contribution in [0.4, 0.5) is 10.2 Å². The maximum absolute atomic E-state index is 13.5. The molecule has 1 aromatic carbocycles. The van der Waals surface area contributed by atoms with E-state index < -0.39 is 5.82 Å². The third kappa shape index (κ3) is 4.24. The molecule has 128 valence electrons. The van der Waals surface area contributed by atoms with Gasteiger partial charge >= 0.3 is 0 Å². The van der Waals surface area contributed by atoms with Crippen LogP contribution >= 0.6 is 0 Å². The van der Waals surface area contributed by atoms with Crippen LogP contribution in [0.5, 0.6) is 0 Å². The Balaban J connectivity index is 1.70. The van der Waals surface area contributed by atoms with Crippen LogP contribution in [0.2, 0.25) is 0 Å². The van der Waals surface area contributed by atoms with Gasteiger partial charge < -0.3 is 5.32 Å². The van der Waals surface area contributed by atoms with E-state index in [1.165, 1.54) is 24.4 Å². The number of carbonyl (C=O) groups is 1. The fraction of sp³-hybridized carbons (Fsp3) is 0.105. The van der Waals surface area contributed by atoms with Gasteiger partial charge in [0.15, 0.2) is 0 Å². The molecule has 2 aromatic heterocycles. The number of rotatable bonds is 4. The molecule has 0 bridgehead atoms. The summed E-state index contributed by atoms with van der Waals surface area (Å²) in [4.78, 5) is 24.3. The number of benzene rings is 1. The van der Waals surface area contributed by atoms with Crippen molar-refractivity contribution in [3.8, 4) is 6.07 Å². The third-order valence-corrected chi connectivity index (χ3v) is 3.57. The highest BCUT2D eigenvalue weighted by Crippen LogP contribution is 2.15. The topological polar surface area (TPSA) is 91.6 Å². The lowest BCUT2D eigenvalue weighted by Gasteiger charge is -2.06. The van der Waals surface area contributed by atoms with Gasteiger partial charge in [-0.3, -0.25) is 4.79 Å². The Bertz CT molecular complexity index is 996. The van der Waals surface area contributed by atoms with Gasteiger partial charge in [0.2, 0.25) is 0 Å². The molecule has 0 spiro atoms. The van der Waals surface area contributed by atoms with Crippen LogP contribution in [0, 0.1) is 24.1 Å². The molecule has 3 aromatic rings. The number of aromatic nitrogens is 3. The summed E-state index contributed by atoms with van der Waals surface area (Å²) in [5, 5.41) is 11.6. The average molecular weight is 347 g/mol. The van der Waals surface area contributed by atoms with Crippen LogP contribution in [-0.2, 0) is 6.42 Å². The minimum Gasteiger partial charge on any atom is -0.305 e. The number of nitrogens with one attached hydrogen (secondary N) is 1. The molecule has 0 fully saturated rings. The fourth-order valence-electron chi connectivity index (χ4n) is 2.42. The highest BCUT2D eigenvalue weighted by molar-refractivity contribution is 6.02.